The summed E-state index contributed by atoms with van der Waals surface area (Å²) in [6.07, 6.45) is 7.19. The van der Waals surface area contributed by atoms with Gasteiger partial charge in [0.1, 0.15) is 0 Å². The molecule has 2 aliphatic rings. The minimum Gasteiger partial charge on any atom is -0.316 e. The number of fused-ring (bicyclic) bond motifs is 3. The Morgan fingerprint density at radius 1 is 1.29 bits per heavy atom. The standard InChI is InChI=1S/C19H25NS/c1-2-20-13-19(10-14-7-8-16(19)9-14)11-15-12-21-18-6-4-3-5-17(15)18/h3-6,12,14,16,20H,2,7-11,13H2,1H3. The van der Waals surface area contributed by atoms with Crippen molar-refractivity contribution >= 4 is 21.4 Å². The molecule has 3 atom stereocenters. The predicted molar refractivity (Wildman–Crippen MR) is 92.0 cm³/mol. The van der Waals surface area contributed by atoms with Gasteiger partial charge in [-0.2, -0.15) is 0 Å². The summed E-state index contributed by atoms with van der Waals surface area (Å²) in [6, 6.07) is 8.93. The van der Waals surface area contributed by atoms with E-state index < -0.39 is 0 Å². The molecule has 4 rings (SSSR count). The van der Waals surface area contributed by atoms with Crippen molar-refractivity contribution in [2.24, 2.45) is 17.3 Å². The van der Waals surface area contributed by atoms with Crippen LogP contribution in [0.1, 0.15) is 38.2 Å². The fourth-order valence-electron chi connectivity index (χ4n) is 4.98. The number of hydrogen-bond donors (Lipinski definition) is 1. The van der Waals surface area contributed by atoms with Crippen LogP contribution in [0, 0.1) is 17.3 Å². The van der Waals surface area contributed by atoms with E-state index in [1.807, 2.05) is 11.3 Å². The molecule has 0 saturated heterocycles. The van der Waals surface area contributed by atoms with Crippen molar-refractivity contribution in [2.45, 2.75) is 39.0 Å². The molecule has 2 bridgehead atoms. The summed E-state index contributed by atoms with van der Waals surface area (Å²) in [7, 11) is 0. The van der Waals surface area contributed by atoms with Gasteiger partial charge in [-0.15, -0.1) is 11.3 Å². The van der Waals surface area contributed by atoms with E-state index in [1.165, 1.54) is 48.7 Å². The summed E-state index contributed by atoms with van der Waals surface area (Å²) in [5, 5.41) is 7.60. The second-order valence-corrected chi connectivity index (χ2v) is 8.07. The maximum absolute atomic E-state index is 3.68. The summed E-state index contributed by atoms with van der Waals surface area (Å²) in [4.78, 5) is 0. The van der Waals surface area contributed by atoms with Gasteiger partial charge in [0.2, 0.25) is 0 Å². The Hall–Kier alpha value is -0.860. The van der Waals surface area contributed by atoms with Gasteiger partial charge < -0.3 is 5.32 Å². The Bertz CT molecular complexity index is 631. The molecule has 1 N–H and O–H groups in total. The van der Waals surface area contributed by atoms with Gasteiger partial charge in [0.05, 0.1) is 0 Å². The molecule has 1 heterocycles. The maximum atomic E-state index is 3.68. The Morgan fingerprint density at radius 3 is 2.95 bits per heavy atom. The van der Waals surface area contributed by atoms with E-state index in [1.54, 1.807) is 5.56 Å². The van der Waals surface area contributed by atoms with Crippen LogP contribution in [-0.2, 0) is 6.42 Å². The van der Waals surface area contributed by atoms with Crippen LogP contribution in [0.15, 0.2) is 29.6 Å². The first kappa shape index (κ1) is 13.8. The minimum absolute atomic E-state index is 0.531. The maximum Gasteiger partial charge on any atom is 0.0345 e. The third kappa shape index (κ3) is 2.33. The highest BCUT2D eigenvalue weighted by atomic mass is 32.1. The number of rotatable bonds is 5. The average Bonchev–Trinajstić information content (AvgIpc) is 3.21. The molecule has 1 aromatic carbocycles. The zero-order chi connectivity index (χ0) is 14.3. The van der Waals surface area contributed by atoms with Gasteiger partial charge >= 0.3 is 0 Å². The topological polar surface area (TPSA) is 12.0 Å². The van der Waals surface area contributed by atoms with Gasteiger partial charge in [-0.25, -0.2) is 0 Å². The molecule has 2 fully saturated rings. The van der Waals surface area contributed by atoms with Crippen molar-refractivity contribution < 1.29 is 0 Å². The number of nitrogens with one attached hydrogen (secondary N) is 1. The van der Waals surface area contributed by atoms with Gasteiger partial charge in [0.25, 0.3) is 0 Å². The highest BCUT2D eigenvalue weighted by molar-refractivity contribution is 7.17. The van der Waals surface area contributed by atoms with Crippen molar-refractivity contribution in [1.29, 1.82) is 0 Å². The number of benzene rings is 1. The summed E-state index contributed by atoms with van der Waals surface area (Å²) < 4.78 is 1.45. The molecule has 2 heteroatoms. The summed E-state index contributed by atoms with van der Waals surface area (Å²) >= 11 is 1.92. The van der Waals surface area contributed by atoms with Crippen LogP contribution < -0.4 is 5.32 Å². The number of hydrogen-bond acceptors (Lipinski definition) is 2. The fourth-order valence-corrected chi connectivity index (χ4v) is 5.94. The molecule has 0 amide bonds. The van der Waals surface area contributed by atoms with Gasteiger partial charge in [0.15, 0.2) is 0 Å². The molecule has 1 nitrogen and oxygen atoms in total. The van der Waals surface area contributed by atoms with Crippen LogP contribution >= 0.6 is 11.3 Å². The lowest BCUT2D eigenvalue weighted by molar-refractivity contribution is 0.158. The minimum atomic E-state index is 0.531. The first-order valence-electron chi connectivity index (χ1n) is 8.46. The smallest absolute Gasteiger partial charge is 0.0345 e. The van der Waals surface area contributed by atoms with Crippen molar-refractivity contribution in [1.82, 2.24) is 5.32 Å². The van der Waals surface area contributed by atoms with Crippen LogP contribution in [0.25, 0.3) is 10.1 Å². The largest absolute Gasteiger partial charge is 0.316 e. The zero-order valence-corrected chi connectivity index (χ0v) is 13.7. The fraction of sp³-hybridized carbons (Fsp3) is 0.579. The summed E-state index contributed by atoms with van der Waals surface area (Å²) in [5.41, 5.74) is 2.13. The molecular formula is C19H25NS. The third-order valence-electron chi connectivity index (χ3n) is 5.93. The Kier molecular flexibility index (Phi) is 3.55. The molecule has 2 aromatic rings. The molecular weight excluding hydrogens is 274 g/mol. The molecule has 0 spiro atoms. The highest BCUT2D eigenvalue weighted by Gasteiger charge is 2.50. The SMILES string of the molecule is CCNCC1(Cc2csc3ccccc23)CC2CCC1C2. The highest BCUT2D eigenvalue weighted by Crippen LogP contribution is 2.57. The van der Waals surface area contributed by atoms with E-state index in [2.05, 4.69) is 41.9 Å². The van der Waals surface area contributed by atoms with Crippen molar-refractivity contribution in [3.8, 4) is 0 Å². The van der Waals surface area contributed by atoms with Gasteiger partial charge in [0, 0.05) is 11.2 Å². The normalized spacial score (nSPS) is 31.3. The quantitative estimate of drug-likeness (QED) is 0.831. The number of thiophene rings is 1. The Morgan fingerprint density at radius 2 is 2.19 bits per heavy atom. The predicted octanol–water partition coefficient (Wildman–Crippen LogP) is 4.86. The second-order valence-electron chi connectivity index (χ2n) is 7.16. The zero-order valence-electron chi connectivity index (χ0n) is 12.9. The molecule has 112 valence electrons. The van der Waals surface area contributed by atoms with Crippen LogP contribution in [0.4, 0.5) is 0 Å². The summed E-state index contributed by atoms with van der Waals surface area (Å²) in [6.45, 7) is 4.55. The first-order chi connectivity index (χ1) is 10.3. The molecule has 3 unspecified atom stereocenters. The van der Waals surface area contributed by atoms with E-state index in [-0.39, 0.29) is 0 Å². The van der Waals surface area contributed by atoms with E-state index >= 15 is 0 Å². The Balaban J connectivity index is 1.65. The lowest BCUT2D eigenvalue weighted by Gasteiger charge is -2.38. The molecule has 2 saturated carbocycles. The van der Waals surface area contributed by atoms with Crippen LogP contribution in [-0.4, -0.2) is 13.1 Å². The molecule has 1 aromatic heterocycles. The van der Waals surface area contributed by atoms with Crippen LogP contribution in [0.2, 0.25) is 0 Å². The third-order valence-corrected chi connectivity index (χ3v) is 6.95. The van der Waals surface area contributed by atoms with Gasteiger partial charge in [-0.1, -0.05) is 31.5 Å². The van der Waals surface area contributed by atoms with Crippen molar-refractivity contribution in [3.63, 3.8) is 0 Å². The van der Waals surface area contributed by atoms with Crippen LogP contribution in [0.5, 0.6) is 0 Å². The lowest BCUT2D eigenvalue weighted by atomic mass is 9.69. The second kappa shape index (κ2) is 5.40. The molecule has 2 aliphatic carbocycles. The molecule has 0 aliphatic heterocycles. The van der Waals surface area contributed by atoms with E-state index in [0.717, 1.165) is 18.4 Å². The Labute approximate surface area is 131 Å². The van der Waals surface area contributed by atoms with Crippen LogP contribution in [0.3, 0.4) is 0 Å². The monoisotopic (exact) mass is 299 g/mol. The molecule has 21 heavy (non-hydrogen) atoms. The van der Waals surface area contributed by atoms with E-state index in [0.29, 0.717) is 5.41 Å². The summed E-state index contributed by atoms with van der Waals surface area (Å²) in [5.74, 6) is 1.97. The first-order valence-corrected chi connectivity index (χ1v) is 9.34. The van der Waals surface area contributed by atoms with Crippen molar-refractivity contribution in [2.75, 3.05) is 13.1 Å². The van der Waals surface area contributed by atoms with E-state index in [4.69, 9.17) is 0 Å². The van der Waals surface area contributed by atoms with Crippen molar-refractivity contribution in [3.05, 3.63) is 35.2 Å². The van der Waals surface area contributed by atoms with E-state index in [9.17, 15) is 0 Å². The average molecular weight is 299 g/mol. The van der Waals surface area contributed by atoms with Gasteiger partial charge in [-0.05, 0) is 71.9 Å². The lowest BCUT2D eigenvalue weighted by Crippen LogP contribution is -2.40. The molecule has 0 radical (unpaired) electrons. The van der Waals surface area contributed by atoms with Gasteiger partial charge in [-0.3, -0.25) is 0 Å².